The third kappa shape index (κ3) is 7.34. The molecule has 0 radical (unpaired) electrons. The van der Waals surface area contributed by atoms with E-state index in [0.717, 1.165) is 25.3 Å². The van der Waals surface area contributed by atoms with E-state index in [4.69, 9.17) is 10.5 Å². The Balaban J connectivity index is 3.43. The van der Waals surface area contributed by atoms with Crippen LogP contribution in [0.1, 0.15) is 52.9 Å². The van der Waals surface area contributed by atoms with Crippen molar-refractivity contribution in [2.24, 2.45) is 11.7 Å². The number of hydrogen-bond acceptors (Lipinski definition) is 2. The Hall–Kier alpha value is -0.0800. The molecule has 86 valence electrons. The number of rotatable bonds is 8. The van der Waals surface area contributed by atoms with E-state index < -0.39 is 0 Å². The highest BCUT2D eigenvalue weighted by Gasteiger charge is 2.15. The normalized spacial score (nSPS) is 14.4. The van der Waals surface area contributed by atoms with Crippen LogP contribution in [0.2, 0.25) is 0 Å². The van der Waals surface area contributed by atoms with E-state index in [2.05, 4.69) is 20.8 Å². The maximum atomic E-state index is 5.48. The van der Waals surface area contributed by atoms with Gasteiger partial charge < -0.3 is 10.5 Å². The van der Waals surface area contributed by atoms with Crippen LogP contribution in [-0.4, -0.2) is 19.3 Å². The van der Waals surface area contributed by atoms with E-state index in [-0.39, 0.29) is 5.60 Å². The van der Waals surface area contributed by atoms with E-state index >= 15 is 0 Å². The minimum absolute atomic E-state index is 0.0492. The Kier molecular flexibility index (Phi) is 7.20. The zero-order valence-electron chi connectivity index (χ0n) is 10.3. The lowest BCUT2D eigenvalue weighted by Gasteiger charge is -2.23. The molecule has 14 heavy (non-hydrogen) atoms. The third-order valence-corrected chi connectivity index (χ3v) is 2.93. The van der Waals surface area contributed by atoms with Gasteiger partial charge in [-0.3, -0.25) is 0 Å². The summed E-state index contributed by atoms with van der Waals surface area (Å²) in [5, 5.41) is 0. The van der Waals surface area contributed by atoms with Gasteiger partial charge in [-0.25, -0.2) is 0 Å². The van der Waals surface area contributed by atoms with Gasteiger partial charge in [0.05, 0.1) is 5.60 Å². The molecule has 0 saturated carbocycles. The quantitative estimate of drug-likeness (QED) is 0.655. The molecule has 0 spiro atoms. The molecule has 0 bridgehead atoms. The van der Waals surface area contributed by atoms with Gasteiger partial charge in [-0.15, -0.1) is 0 Å². The molecule has 1 unspecified atom stereocenters. The van der Waals surface area contributed by atoms with Crippen LogP contribution < -0.4 is 5.73 Å². The zero-order chi connectivity index (χ0) is 11.0. The van der Waals surface area contributed by atoms with Crippen LogP contribution in [0.15, 0.2) is 0 Å². The molecule has 0 aliphatic rings. The Morgan fingerprint density at radius 2 is 1.79 bits per heavy atom. The van der Waals surface area contributed by atoms with Gasteiger partial charge >= 0.3 is 0 Å². The van der Waals surface area contributed by atoms with E-state index in [0.29, 0.717) is 0 Å². The third-order valence-electron chi connectivity index (χ3n) is 2.93. The minimum Gasteiger partial charge on any atom is -0.379 e. The van der Waals surface area contributed by atoms with Gasteiger partial charge in [0.15, 0.2) is 0 Å². The second-order valence-corrected chi connectivity index (χ2v) is 4.89. The lowest BCUT2D eigenvalue weighted by Crippen LogP contribution is -2.22. The lowest BCUT2D eigenvalue weighted by molar-refractivity contribution is 0.0127. The van der Waals surface area contributed by atoms with E-state index in [9.17, 15) is 0 Å². The second-order valence-electron chi connectivity index (χ2n) is 4.89. The van der Waals surface area contributed by atoms with Gasteiger partial charge in [0.25, 0.3) is 0 Å². The number of ether oxygens (including phenoxy) is 1. The molecule has 2 N–H and O–H groups in total. The molecule has 0 heterocycles. The first-order chi connectivity index (χ1) is 6.52. The number of methoxy groups -OCH3 is 1. The fourth-order valence-corrected chi connectivity index (χ4v) is 1.59. The van der Waals surface area contributed by atoms with Gasteiger partial charge in [0, 0.05) is 7.11 Å². The van der Waals surface area contributed by atoms with Crippen LogP contribution >= 0.6 is 0 Å². The monoisotopic (exact) mass is 201 g/mol. The summed E-state index contributed by atoms with van der Waals surface area (Å²) >= 11 is 0. The predicted octanol–water partition coefficient (Wildman–Crippen LogP) is 2.96. The number of hydrogen-bond donors (Lipinski definition) is 1. The lowest BCUT2D eigenvalue weighted by atomic mass is 9.94. The van der Waals surface area contributed by atoms with Crippen molar-refractivity contribution in [3.8, 4) is 0 Å². The van der Waals surface area contributed by atoms with Crippen molar-refractivity contribution in [2.75, 3.05) is 13.7 Å². The molecule has 0 aliphatic carbocycles. The number of nitrogens with two attached hydrogens (primary N) is 1. The molecular formula is C12H27NO. The molecule has 0 aromatic heterocycles. The highest BCUT2D eigenvalue weighted by atomic mass is 16.5. The van der Waals surface area contributed by atoms with Crippen LogP contribution in [0.4, 0.5) is 0 Å². The van der Waals surface area contributed by atoms with Crippen molar-refractivity contribution in [1.82, 2.24) is 0 Å². The first kappa shape index (κ1) is 13.9. The van der Waals surface area contributed by atoms with E-state index in [1.807, 2.05) is 0 Å². The summed E-state index contributed by atoms with van der Waals surface area (Å²) in [5.41, 5.74) is 5.53. The van der Waals surface area contributed by atoms with Crippen LogP contribution in [-0.2, 0) is 4.74 Å². The molecule has 2 heteroatoms. The molecule has 2 nitrogen and oxygen atoms in total. The Labute approximate surface area is 89.2 Å². The van der Waals surface area contributed by atoms with Crippen molar-refractivity contribution in [1.29, 1.82) is 0 Å². The standard InChI is InChI=1S/C12H27NO/c1-11(8-6-10-13)7-5-9-12(2,3)14-4/h11H,5-10,13H2,1-4H3. The Morgan fingerprint density at radius 3 is 2.29 bits per heavy atom. The summed E-state index contributed by atoms with van der Waals surface area (Å²) < 4.78 is 5.38. The van der Waals surface area contributed by atoms with Crippen molar-refractivity contribution < 1.29 is 4.74 Å². The molecule has 1 atom stereocenters. The fraction of sp³-hybridized carbons (Fsp3) is 1.00. The molecule has 0 aromatic rings. The van der Waals surface area contributed by atoms with Gasteiger partial charge in [-0.05, 0) is 45.6 Å². The highest BCUT2D eigenvalue weighted by molar-refractivity contribution is 4.68. The average molecular weight is 201 g/mol. The fourth-order valence-electron chi connectivity index (χ4n) is 1.59. The second kappa shape index (κ2) is 7.24. The van der Waals surface area contributed by atoms with Gasteiger partial charge in [0.2, 0.25) is 0 Å². The average Bonchev–Trinajstić information content (AvgIpc) is 2.14. The molecule has 0 saturated heterocycles. The van der Waals surface area contributed by atoms with Crippen molar-refractivity contribution in [2.45, 2.75) is 58.5 Å². The highest BCUT2D eigenvalue weighted by Crippen LogP contribution is 2.20. The largest absolute Gasteiger partial charge is 0.379 e. The minimum atomic E-state index is 0.0492. The molecule has 0 fully saturated rings. The summed E-state index contributed by atoms with van der Waals surface area (Å²) in [6.45, 7) is 7.44. The SMILES string of the molecule is COC(C)(C)CCCC(C)CCCN. The molecule has 0 rings (SSSR count). The summed E-state index contributed by atoms with van der Waals surface area (Å²) in [5.74, 6) is 0.811. The smallest absolute Gasteiger partial charge is 0.0622 e. The Morgan fingerprint density at radius 1 is 1.21 bits per heavy atom. The van der Waals surface area contributed by atoms with E-state index in [1.165, 1.54) is 19.3 Å². The molecule has 0 amide bonds. The topological polar surface area (TPSA) is 35.2 Å². The van der Waals surface area contributed by atoms with E-state index in [1.54, 1.807) is 7.11 Å². The van der Waals surface area contributed by atoms with Crippen molar-refractivity contribution in [3.63, 3.8) is 0 Å². The van der Waals surface area contributed by atoms with Gasteiger partial charge in [0.1, 0.15) is 0 Å². The summed E-state index contributed by atoms with van der Waals surface area (Å²) in [6.07, 6.45) is 6.13. The van der Waals surface area contributed by atoms with Crippen LogP contribution in [0, 0.1) is 5.92 Å². The van der Waals surface area contributed by atoms with Crippen molar-refractivity contribution >= 4 is 0 Å². The summed E-state index contributed by atoms with van der Waals surface area (Å²) in [6, 6.07) is 0. The summed E-state index contributed by atoms with van der Waals surface area (Å²) in [7, 11) is 1.79. The maximum Gasteiger partial charge on any atom is 0.0622 e. The van der Waals surface area contributed by atoms with Crippen LogP contribution in [0.5, 0.6) is 0 Å². The molecular weight excluding hydrogens is 174 g/mol. The Bertz CT molecular complexity index is 134. The first-order valence-corrected chi connectivity index (χ1v) is 5.77. The van der Waals surface area contributed by atoms with Gasteiger partial charge in [-0.1, -0.05) is 19.8 Å². The predicted molar refractivity (Wildman–Crippen MR) is 62.4 cm³/mol. The maximum absolute atomic E-state index is 5.48. The molecule has 0 aliphatic heterocycles. The zero-order valence-corrected chi connectivity index (χ0v) is 10.3. The summed E-state index contributed by atoms with van der Waals surface area (Å²) in [4.78, 5) is 0. The van der Waals surface area contributed by atoms with Crippen LogP contribution in [0.25, 0.3) is 0 Å². The van der Waals surface area contributed by atoms with Gasteiger partial charge in [-0.2, -0.15) is 0 Å². The first-order valence-electron chi connectivity index (χ1n) is 5.77. The molecule has 0 aromatic carbocycles. The van der Waals surface area contributed by atoms with Crippen molar-refractivity contribution in [3.05, 3.63) is 0 Å². The van der Waals surface area contributed by atoms with Crippen LogP contribution in [0.3, 0.4) is 0 Å².